The Morgan fingerprint density at radius 1 is 1.43 bits per heavy atom. The average Bonchev–Trinajstić information content (AvgIpc) is 2.12. The zero-order valence-corrected chi connectivity index (χ0v) is 10.2. The molecule has 0 aliphatic heterocycles. The van der Waals surface area contributed by atoms with Crippen LogP contribution in [-0.2, 0) is 0 Å². The maximum absolute atomic E-state index is 10.7. The van der Waals surface area contributed by atoms with Crippen LogP contribution in [0.3, 0.4) is 0 Å². The van der Waals surface area contributed by atoms with Gasteiger partial charge in [-0.05, 0) is 43.4 Å². The lowest BCUT2D eigenvalue weighted by molar-refractivity contribution is -0.0952. The molecule has 0 aromatic heterocycles. The summed E-state index contributed by atoms with van der Waals surface area (Å²) in [5.74, 6) is 1.75. The van der Waals surface area contributed by atoms with Gasteiger partial charge in [0.15, 0.2) is 0 Å². The normalized spacial score (nSPS) is 40.9. The number of aliphatic hydroxyl groups is 1. The Kier molecular flexibility index (Phi) is 4.00. The van der Waals surface area contributed by atoms with Crippen LogP contribution in [0, 0.1) is 17.8 Å². The highest BCUT2D eigenvalue weighted by Gasteiger charge is 2.41. The van der Waals surface area contributed by atoms with Crippen molar-refractivity contribution in [2.75, 3.05) is 0 Å². The van der Waals surface area contributed by atoms with Crippen molar-refractivity contribution < 1.29 is 5.11 Å². The molecule has 1 nitrogen and oxygen atoms in total. The predicted molar refractivity (Wildman–Crippen MR) is 61.2 cm³/mol. The number of hydrogen-bond acceptors (Lipinski definition) is 1. The summed E-state index contributed by atoms with van der Waals surface area (Å²) in [6.45, 7) is 8.95. The molecule has 0 radical (unpaired) electrons. The van der Waals surface area contributed by atoms with Crippen molar-refractivity contribution in [1.29, 1.82) is 0 Å². The molecule has 4 unspecified atom stereocenters. The van der Waals surface area contributed by atoms with Crippen LogP contribution in [-0.4, -0.2) is 10.7 Å². The molecule has 0 amide bonds. The van der Waals surface area contributed by atoms with E-state index in [4.69, 9.17) is 0 Å². The van der Waals surface area contributed by atoms with Gasteiger partial charge in [0, 0.05) is 0 Å². The fraction of sp³-hybridized carbons (Fsp3) is 1.00. The van der Waals surface area contributed by atoms with E-state index in [9.17, 15) is 5.11 Å². The molecule has 0 saturated heterocycles. The first-order chi connectivity index (χ1) is 6.50. The van der Waals surface area contributed by atoms with E-state index in [-0.39, 0.29) is 5.60 Å². The monoisotopic (exact) mass is 198 g/mol. The molecule has 84 valence electrons. The summed E-state index contributed by atoms with van der Waals surface area (Å²) in [4.78, 5) is 0. The van der Waals surface area contributed by atoms with Gasteiger partial charge >= 0.3 is 0 Å². The fourth-order valence-corrected chi connectivity index (χ4v) is 3.06. The minimum absolute atomic E-state index is 0.372. The Labute approximate surface area is 88.9 Å². The summed E-state index contributed by atoms with van der Waals surface area (Å²) < 4.78 is 0. The van der Waals surface area contributed by atoms with Crippen molar-refractivity contribution in [3.05, 3.63) is 0 Å². The lowest BCUT2D eigenvalue weighted by Crippen LogP contribution is -2.46. The predicted octanol–water partition coefficient (Wildman–Crippen LogP) is 3.61. The van der Waals surface area contributed by atoms with Gasteiger partial charge in [0.2, 0.25) is 0 Å². The summed E-state index contributed by atoms with van der Waals surface area (Å²) in [7, 11) is 0. The molecule has 1 aliphatic rings. The van der Waals surface area contributed by atoms with Crippen molar-refractivity contribution in [2.45, 2.75) is 65.4 Å². The molecular weight excluding hydrogens is 172 g/mol. The first-order valence-electron chi connectivity index (χ1n) is 6.23. The van der Waals surface area contributed by atoms with E-state index in [1.807, 2.05) is 0 Å². The summed E-state index contributed by atoms with van der Waals surface area (Å²) in [5, 5.41) is 10.7. The van der Waals surface area contributed by atoms with Crippen LogP contribution in [0.5, 0.6) is 0 Å². The van der Waals surface area contributed by atoms with Gasteiger partial charge in [-0.1, -0.05) is 34.1 Å². The van der Waals surface area contributed by atoms with Crippen LogP contribution in [0.1, 0.15) is 59.8 Å². The van der Waals surface area contributed by atoms with Crippen molar-refractivity contribution in [3.8, 4) is 0 Å². The molecule has 0 spiro atoms. The van der Waals surface area contributed by atoms with Gasteiger partial charge in [0.1, 0.15) is 0 Å². The van der Waals surface area contributed by atoms with Crippen LogP contribution in [0.2, 0.25) is 0 Å². The molecular formula is C13H26O. The third kappa shape index (κ3) is 2.31. The summed E-state index contributed by atoms with van der Waals surface area (Å²) in [6.07, 6.45) is 5.76. The average molecular weight is 198 g/mol. The van der Waals surface area contributed by atoms with Crippen LogP contribution in [0.25, 0.3) is 0 Å². The maximum Gasteiger partial charge on any atom is 0.0698 e. The highest BCUT2D eigenvalue weighted by Crippen LogP contribution is 2.42. The topological polar surface area (TPSA) is 20.2 Å². The Bertz CT molecular complexity index is 172. The summed E-state index contributed by atoms with van der Waals surface area (Å²) in [6, 6.07) is 0. The molecule has 1 saturated carbocycles. The second kappa shape index (κ2) is 4.65. The molecule has 0 aromatic rings. The van der Waals surface area contributed by atoms with Crippen molar-refractivity contribution in [1.82, 2.24) is 0 Å². The molecule has 1 fully saturated rings. The fourth-order valence-electron chi connectivity index (χ4n) is 3.06. The molecule has 1 N–H and O–H groups in total. The summed E-state index contributed by atoms with van der Waals surface area (Å²) in [5.41, 5.74) is -0.372. The zero-order valence-electron chi connectivity index (χ0n) is 10.2. The Balaban J connectivity index is 2.62. The minimum Gasteiger partial charge on any atom is -0.389 e. The van der Waals surface area contributed by atoms with Crippen molar-refractivity contribution in [2.24, 2.45) is 17.8 Å². The van der Waals surface area contributed by atoms with E-state index < -0.39 is 0 Å². The number of hydrogen-bond donors (Lipinski definition) is 1. The van der Waals surface area contributed by atoms with Gasteiger partial charge in [-0.25, -0.2) is 0 Å². The van der Waals surface area contributed by atoms with Crippen molar-refractivity contribution >= 4 is 0 Å². The Hall–Kier alpha value is -0.0400. The molecule has 4 atom stereocenters. The van der Waals surface area contributed by atoms with Gasteiger partial charge in [0.05, 0.1) is 5.60 Å². The highest BCUT2D eigenvalue weighted by atomic mass is 16.3. The maximum atomic E-state index is 10.7. The number of rotatable bonds is 3. The molecule has 14 heavy (non-hydrogen) atoms. The van der Waals surface area contributed by atoms with Crippen LogP contribution >= 0.6 is 0 Å². The van der Waals surface area contributed by atoms with Crippen molar-refractivity contribution in [3.63, 3.8) is 0 Å². The van der Waals surface area contributed by atoms with E-state index in [0.717, 1.165) is 18.8 Å². The van der Waals surface area contributed by atoms with E-state index in [1.54, 1.807) is 0 Å². The van der Waals surface area contributed by atoms with Gasteiger partial charge in [-0.2, -0.15) is 0 Å². The standard InChI is InChI=1S/C13H26O/c1-5-6-11(3)13(14)8-7-10(2)9-12(13)4/h10-12,14H,5-9H2,1-4H3. The van der Waals surface area contributed by atoms with Crippen LogP contribution in [0.15, 0.2) is 0 Å². The second-order valence-electron chi connectivity index (χ2n) is 5.46. The quantitative estimate of drug-likeness (QED) is 0.734. The van der Waals surface area contributed by atoms with Crippen LogP contribution in [0.4, 0.5) is 0 Å². The van der Waals surface area contributed by atoms with E-state index in [0.29, 0.717) is 11.8 Å². The van der Waals surface area contributed by atoms with E-state index in [2.05, 4.69) is 27.7 Å². The molecule has 1 aliphatic carbocycles. The third-order valence-corrected chi connectivity index (χ3v) is 4.22. The largest absolute Gasteiger partial charge is 0.389 e. The molecule has 0 bridgehead atoms. The summed E-state index contributed by atoms with van der Waals surface area (Å²) >= 11 is 0. The Morgan fingerprint density at radius 2 is 2.07 bits per heavy atom. The molecule has 1 heteroatoms. The third-order valence-electron chi connectivity index (χ3n) is 4.22. The minimum atomic E-state index is -0.372. The lowest BCUT2D eigenvalue weighted by Gasteiger charge is -2.44. The lowest BCUT2D eigenvalue weighted by atomic mass is 9.66. The molecule has 0 aromatic carbocycles. The first-order valence-corrected chi connectivity index (χ1v) is 6.23. The SMILES string of the molecule is CCCC(C)C1(O)CCC(C)CC1C. The first kappa shape index (κ1) is 12.0. The Morgan fingerprint density at radius 3 is 2.57 bits per heavy atom. The van der Waals surface area contributed by atoms with E-state index in [1.165, 1.54) is 19.3 Å². The van der Waals surface area contributed by atoms with Gasteiger partial charge < -0.3 is 5.11 Å². The molecule has 0 heterocycles. The van der Waals surface area contributed by atoms with Gasteiger partial charge in [-0.15, -0.1) is 0 Å². The van der Waals surface area contributed by atoms with E-state index >= 15 is 0 Å². The second-order valence-corrected chi connectivity index (χ2v) is 5.46. The van der Waals surface area contributed by atoms with Crippen LogP contribution < -0.4 is 0 Å². The molecule has 1 rings (SSSR count). The highest BCUT2D eigenvalue weighted by molar-refractivity contribution is 4.93. The van der Waals surface area contributed by atoms with Gasteiger partial charge in [-0.3, -0.25) is 0 Å². The smallest absolute Gasteiger partial charge is 0.0698 e. The van der Waals surface area contributed by atoms with Gasteiger partial charge in [0.25, 0.3) is 0 Å². The zero-order chi connectivity index (χ0) is 10.8.